The fourth-order valence-corrected chi connectivity index (χ4v) is 2.68. The molecule has 3 aromatic rings. The van der Waals surface area contributed by atoms with Crippen LogP contribution in [-0.4, -0.2) is 39.0 Å². The lowest BCUT2D eigenvalue weighted by molar-refractivity contribution is -0.117. The number of nitrogens with one attached hydrogen (secondary N) is 2. The zero-order chi connectivity index (χ0) is 21.7. The number of aromatic nitrogens is 3. The van der Waals surface area contributed by atoms with Crippen LogP contribution < -0.4 is 16.4 Å². The fourth-order valence-electron chi connectivity index (χ4n) is 2.68. The molecule has 1 aromatic heterocycles. The topological polar surface area (TPSA) is 132 Å². The molecule has 4 N–H and O–H groups in total. The van der Waals surface area contributed by atoms with Crippen molar-refractivity contribution in [3.63, 3.8) is 0 Å². The Morgan fingerprint density at radius 1 is 1.07 bits per heavy atom. The van der Waals surface area contributed by atoms with Crippen LogP contribution in [0.3, 0.4) is 0 Å². The average Bonchev–Trinajstić information content (AvgIpc) is 3.10. The molecule has 0 saturated heterocycles. The van der Waals surface area contributed by atoms with Gasteiger partial charge in [0.15, 0.2) is 0 Å². The van der Waals surface area contributed by atoms with E-state index in [9.17, 15) is 18.8 Å². The standard InChI is InChI=1S/C20H19FN6O3/c1-12-24-18(26-27(12)14-8-6-13(21)7-9-14)20(30)25-16-5-3-2-4-15(16)19(29)23-11-10-17(22)28/h2-9H,10-11H2,1H3,(H2,22,28)(H,23,29)(H,25,30). The van der Waals surface area contributed by atoms with Crippen molar-refractivity contribution >= 4 is 23.4 Å². The highest BCUT2D eigenvalue weighted by Crippen LogP contribution is 2.17. The number of anilines is 1. The Labute approximate surface area is 171 Å². The number of nitrogens with zero attached hydrogens (tertiary/aromatic N) is 3. The zero-order valence-electron chi connectivity index (χ0n) is 16.1. The van der Waals surface area contributed by atoms with Crippen molar-refractivity contribution in [3.8, 4) is 5.69 Å². The number of benzene rings is 2. The molecule has 0 aliphatic heterocycles. The highest BCUT2D eigenvalue weighted by molar-refractivity contribution is 6.07. The largest absolute Gasteiger partial charge is 0.370 e. The van der Waals surface area contributed by atoms with Gasteiger partial charge in [-0.1, -0.05) is 12.1 Å². The number of para-hydroxylation sites is 1. The van der Waals surface area contributed by atoms with Crippen molar-refractivity contribution in [3.05, 3.63) is 71.6 Å². The third-order valence-electron chi connectivity index (χ3n) is 4.12. The molecule has 0 aliphatic rings. The molecule has 0 aliphatic carbocycles. The molecule has 0 spiro atoms. The van der Waals surface area contributed by atoms with Crippen molar-refractivity contribution in [1.82, 2.24) is 20.1 Å². The van der Waals surface area contributed by atoms with Crippen molar-refractivity contribution in [2.24, 2.45) is 5.73 Å². The molecular weight excluding hydrogens is 391 g/mol. The van der Waals surface area contributed by atoms with Gasteiger partial charge >= 0.3 is 0 Å². The van der Waals surface area contributed by atoms with E-state index in [0.29, 0.717) is 11.5 Å². The summed E-state index contributed by atoms with van der Waals surface area (Å²) in [5, 5.41) is 9.35. The molecule has 0 fully saturated rings. The molecule has 30 heavy (non-hydrogen) atoms. The fraction of sp³-hybridized carbons (Fsp3) is 0.150. The Morgan fingerprint density at radius 3 is 2.47 bits per heavy atom. The number of rotatable bonds is 7. The van der Waals surface area contributed by atoms with Gasteiger partial charge in [-0.3, -0.25) is 14.4 Å². The first-order valence-electron chi connectivity index (χ1n) is 9.01. The van der Waals surface area contributed by atoms with Crippen LogP contribution in [0.1, 0.15) is 33.2 Å². The smallest absolute Gasteiger partial charge is 0.295 e. The molecule has 0 saturated carbocycles. The molecular formula is C20H19FN6O3. The number of halogens is 1. The van der Waals surface area contributed by atoms with E-state index in [-0.39, 0.29) is 35.9 Å². The van der Waals surface area contributed by atoms with Crippen molar-refractivity contribution in [1.29, 1.82) is 0 Å². The van der Waals surface area contributed by atoms with Gasteiger partial charge < -0.3 is 16.4 Å². The summed E-state index contributed by atoms with van der Waals surface area (Å²) in [7, 11) is 0. The molecule has 3 rings (SSSR count). The summed E-state index contributed by atoms with van der Waals surface area (Å²) in [6, 6.07) is 12.0. The maximum Gasteiger partial charge on any atom is 0.295 e. The second kappa shape index (κ2) is 8.95. The van der Waals surface area contributed by atoms with Crippen LogP contribution in [0.5, 0.6) is 0 Å². The van der Waals surface area contributed by atoms with Crippen molar-refractivity contribution in [2.75, 3.05) is 11.9 Å². The number of aryl methyl sites for hydroxylation is 1. The number of primary amides is 1. The third kappa shape index (κ3) is 4.85. The molecule has 1 heterocycles. The van der Waals surface area contributed by atoms with E-state index in [1.165, 1.54) is 35.0 Å². The van der Waals surface area contributed by atoms with Gasteiger partial charge in [0, 0.05) is 13.0 Å². The Kier molecular flexibility index (Phi) is 6.16. The third-order valence-corrected chi connectivity index (χ3v) is 4.12. The summed E-state index contributed by atoms with van der Waals surface area (Å²) in [5.74, 6) is -1.68. The summed E-state index contributed by atoms with van der Waals surface area (Å²) in [4.78, 5) is 40.0. The molecule has 0 atom stereocenters. The quantitative estimate of drug-likeness (QED) is 0.544. The zero-order valence-corrected chi connectivity index (χ0v) is 16.1. The van der Waals surface area contributed by atoms with Crippen LogP contribution in [0.4, 0.5) is 10.1 Å². The Balaban J connectivity index is 1.77. The normalized spacial score (nSPS) is 10.5. The van der Waals surface area contributed by atoms with Gasteiger partial charge in [-0.25, -0.2) is 14.1 Å². The Bertz CT molecular complexity index is 1090. The second-order valence-corrected chi connectivity index (χ2v) is 6.34. The van der Waals surface area contributed by atoms with E-state index in [2.05, 4.69) is 20.7 Å². The molecule has 0 bridgehead atoms. The SMILES string of the molecule is Cc1nc(C(=O)Nc2ccccc2C(=O)NCCC(N)=O)nn1-c1ccc(F)cc1. The van der Waals surface area contributed by atoms with Crippen LogP contribution >= 0.6 is 0 Å². The van der Waals surface area contributed by atoms with E-state index in [1.54, 1.807) is 25.1 Å². The first-order valence-corrected chi connectivity index (χ1v) is 9.01. The second-order valence-electron chi connectivity index (χ2n) is 6.34. The minimum absolute atomic E-state index is 0.00425. The van der Waals surface area contributed by atoms with Crippen LogP contribution in [0.25, 0.3) is 5.69 Å². The van der Waals surface area contributed by atoms with Crippen LogP contribution in [-0.2, 0) is 4.79 Å². The lowest BCUT2D eigenvalue weighted by Crippen LogP contribution is -2.29. The first kappa shape index (κ1) is 20.6. The summed E-state index contributed by atoms with van der Waals surface area (Å²) < 4.78 is 14.5. The van der Waals surface area contributed by atoms with E-state index in [4.69, 9.17) is 5.73 Å². The highest BCUT2D eigenvalue weighted by atomic mass is 19.1. The molecule has 10 heteroatoms. The van der Waals surface area contributed by atoms with Gasteiger partial charge in [0.1, 0.15) is 11.6 Å². The Hall–Kier alpha value is -4.08. The van der Waals surface area contributed by atoms with Crippen molar-refractivity contribution in [2.45, 2.75) is 13.3 Å². The molecule has 3 amide bonds. The van der Waals surface area contributed by atoms with E-state index >= 15 is 0 Å². The summed E-state index contributed by atoms with van der Waals surface area (Å²) in [5.41, 5.74) is 6.08. The van der Waals surface area contributed by atoms with E-state index < -0.39 is 17.7 Å². The first-order chi connectivity index (χ1) is 14.3. The van der Waals surface area contributed by atoms with Gasteiger partial charge in [-0.2, -0.15) is 0 Å². The van der Waals surface area contributed by atoms with Gasteiger partial charge in [0.2, 0.25) is 11.7 Å². The van der Waals surface area contributed by atoms with E-state index in [1.807, 2.05) is 0 Å². The van der Waals surface area contributed by atoms with Gasteiger partial charge in [-0.05, 0) is 43.3 Å². The number of carbonyl (C=O) groups excluding carboxylic acids is 3. The lowest BCUT2D eigenvalue weighted by atomic mass is 10.1. The average molecular weight is 410 g/mol. The van der Waals surface area contributed by atoms with Gasteiger partial charge in [-0.15, -0.1) is 5.10 Å². The highest BCUT2D eigenvalue weighted by Gasteiger charge is 2.18. The van der Waals surface area contributed by atoms with Gasteiger partial charge in [0.25, 0.3) is 11.8 Å². The minimum atomic E-state index is -0.614. The monoisotopic (exact) mass is 410 g/mol. The minimum Gasteiger partial charge on any atom is -0.370 e. The molecule has 0 radical (unpaired) electrons. The number of amides is 3. The number of hydrogen-bond donors (Lipinski definition) is 3. The predicted octanol–water partition coefficient (Wildman–Crippen LogP) is 1.57. The molecule has 154 valence electrons. The van der Waals surface area contributed by atoms with Crippen molar-refractivity contribution < 1.29 is 18.8 Å². The maximum absolute atomic E-state index is 13.1. The summed E-state index contributed by atoms with van der Waals surface area (Å²) in [6.07, 6.45) is 0.00425. The molecule has 0 unspecified atom stereocenters. The van der Waals surface area contributed by atoms with Crippen LogP contribution in [0.15, 0.2) is 48.5 Å². The summed E-state index contributed by atoms with van der Waals surface area (Å²) in [6.45, 7) is 1.74. The Morgan fingerprint density at radius 2 is 1.77 bits per heavy atom. The molecule has 2 aromatic carbocycles. The number of nitrogens with two attached hydrogens (primary N) is 1. The van der Waals surface area contributed by atoms with E-state index in [0.717, 1.165) is 0 Å². The van der Waals surface area contributed by atoms with Crippen LogP contribution in [0.2, 0.25) is 0 Å². The summed E-state index contributed by atoms with van der Waals surface area (Å²) >= 11 is 0. The lowest BCUT2D eigenvalue weighted by Gasteiger charge is -2.10. The number of hydrogen-bond acceptors (Lipinski definition) is 5. The predicted molar refractivity (Wildman–Crippen MR) is 107 cm³/mol. The molecule has 9 nitrogen and oxygen atoms in total. The van der Waals surface area contributed by atoms with Gasteiger partial charge in [0.05, 0.1) is 16.9 Å². The number of carbonyl (C=O) groups is 3. The maximum atomic E-state index is 13.1. The van der Waals surface area contributed by atoms with Crippen LogP contribution in [0, 0.1) is 12.7 Å².